The molecule has 0 unspecified atom stereocenters. The molecule has 0 spiro atoms. The molecule has 2 aromatic heterocycles. The molecule has 0 saturated carbocycles. The third-order valence-corrected chi connectivity index (χ3v) is 3.75. The molecule has 1 N–H and O–H groups in total. The molecule has 0 fully saturated rings. The molecule has 6 heteroatoms. The Morgan fingerprint density at radius 1 is 1.53 bits per heavy atom. The molecular weight excluding hydrogens is 238 g/mol. The van der Waals surface area contributed by atoms with Crippen molar-refractivity contribution in [2.24, 2.45) is 0 Å². The van der Waals surface area contributed by atoms with Crippen molar-refractivity contribution in [3.05, 3.63) is 32.9 Å². The number of fused-ring (bicyclic) bond motifs is 1. The van der Waals surface area contributed by atoms with Crippen molar-refractivity contribution in [1.82, 2.24) is 15.0 Å². The number of aliphatic hydroxyl groups is 1. The Bertz CT molecular complexity index is 642. The van der Waals surface area contributed by atoms with Crippen LogP contribution in [0.2, 0.25) is 0 Å². The molecule has 0 saturated heterocycles. The van der Waals surface area contributed by atoms with Crippen LogP contribution < -0.4 is 5.56 Å². The van der Waals surface area contributed by atoms with E-state index in [1.807, 2.05) is 13.8 Å². The molecule has 2 aromatic rings. The Labute approximate surface area is 102 Å². The first kappa shape index (κ1) is 11.9. The number of rotatable bonds is 3. The second kappa shape index (κ2) is 4.38. The van der Waals surface area contributed by atoms with Crippen molar-refractivity contribution in [3.8, 4) is 0 Å². The van der Waals surface area contributed by atoms with E-state index >= 15 is 0 Å². The Hall–Kier alpha value is -1.53. The van der Waals surface area contributed by atoms with E-state index in [1.165, 1.54) is 16.0 Å². The molecule has 0 aliphatic carbocycles. The van der Waals surface area contributed by atoms with Crippen LogP contribution in [0, 0.1) is 13.8 Å². The summed E-state index contributed by atoms with van der Waals surface area (Å²) in [6.07, 6.45) is 0. The first-order valence-corrected chi connectivity index (χ1v) is 5.97. The summed E-state index contributed by atoms with van der Waals surface area (Å²) < 4.78 is 1.24. The Morgan fingerprint density at radius 3 is 2.88 bits per heavy atom. The van der Waals surface area contributed by atoms with Crippen LogP contribution in [0.25, 0.3) is 10.2 Å². The maximum absolute atomic E-state index is 12.2. The van der Waals surface area contributed by atoms with Gasteiger partial charge in [-0.15, -0.1) is 16.4 Å². The Balaban J connectivity index is 2.61. The molecule has 5 nitrogen and oxygen atoms in total. The number of aromatic nitrogens is 3. The molecule has 0 aliphatic rings. The Morgan fingerprint density at radius 2 is 2.24 bits per heavy atom. The largest absolute Gasteiger partial charge is 0.392 e. The average molecular weight is 251 g/mol. The van der Waals surface area contributed by atoms with Crippen LogP contribution in [-0.2, 0) is 6.54 Å². The summed E-state index contributed by atoms with van der Waals surface area (Å²) >= 11 is 1.47. The van der Waals surface area contributed by atoms with Crippen molar-refractivity contribution in [2.45, 2.75) is 20.4 Å². The summed E-state index contributed by atoms with van der Waals surface area (Å²) in [5, 5.41) is 17.4. The van der Waals surface area contributed by atoms with E-state index in [0.717, 1.165) is 10.4 Å². The monoisotopic (exact) mass is 251 g/mol. The van der Waals surface area contributed by atoms with Gasteiger partial charge in [0.2, 0.25) is 0 Å². The summed E-state index contributed by atoms with van der Waals surface area (Å²) in [7, 11) is 0. The molecule has 0 amide bonds. The van der Waals surface area contributed by atoms with Crippen molar-refractivity contribution in [2.75, 3.05) is 6.61 Å². The molecule has 0 aromatic carbocycles. The van der Waals surface area contributed by atoms with Crippen LogP contribution in [0.4, 0.5) is 0 Å². The van der Waals surface area contributed by atoms with E-state index in [4.69, 9.17) is 5.11 Å². The van der Waals surface area contributed by atoms with Gasteiger partial charge in [0, 0.05) is 4.88 Å². The predicted molar refractivity (Wildman–Crippen MR) is 67.4 cm³/mol. The minimum Gasteiger partial charge on any atom is -0.392 e. The maximum atomic E-state index is 12.2. The van der Waals surface area contributed by atoms with Gasteiger partial charge in [-0.2, -0.15) is 0 Å². The maximum Gasteiger partial charge on any atom is 0.279 e. The lowest BCUT2D eigenvalue weighted by Crippen LogP contribution is -2.25. The fourth-order valence-corrected chi connectivity index (χ4v) is 2.53. The van der Waals surface area contributed by atoms with Gasteiger partial charge in [0.05, 0.1) is 18.5 Å². The van der Waals surface area contributed by atoms with Crippen LogP contribution in [0.5, 0.6) is 0 Å². The van der Waals surface area contributed by atoms with Gasteiger partial charge < -0.3 is 5.11 Å². The minimum absolute atomic E-state index is 0.159. The van der Waals surface area contributed by atoms with Gasteiger partial charge in [-0.1, -0.05) is 11.8 Å². The fraction of sp³-hybridized carbons (Fsp3) is 0.364. The highest BCUT2D eigenvalue weighted by Crippen LogP contribution is 2.24. The first-order chi connectivity index (χ1) is 8.04. The molecule has 0 bridgehead atoms. The van der Waals surface area contributed by atoms with Crippen LogP contribution in [0.1, 0.15) is 10.4 Å². The van der Waals surface area contributed by atoms with Gasteiger partial charge >= 0.3 is 0 Å². The third-order valence-electron chi connectivity index (χ3n) is 2.66. The number of thiophene rings is 1. The number of nitrogens with zero attached hydrogens (tertiary/aromatic N) is 3. The zero-order valence-electron chi connectivity index (χ0n) is 9.73. The van der Waals surface area contributed by atoms with Crippen molar-refractivity contribution in [1.29, 1.82) is 0 Å². The van der Waals surface area contributed by atoms with Gasteiger partial charge in [-0.05, 0) is 25.0 Å². The topological polar surface area (TPSA) is 68.0 Å². The Kier molecular flexibility index (Phi) is 3.08. The van der Waals surface area contributed by atoms with Gasteiger partial charge in [-0.25, -0.2) is 4.68 Å². The van der Waals surface area contributed by atoms with Crippen molar-refractivity contribution < 1.29 is 5.11 Å². The molecule has 2 heterocycles. The highest BCUT2D eigenvalue weighted by Gasteiger charge is 2.13. The smallest absolute Gasteiger partial charge is 0.279 e. The quantitative estimate of drug-likeness (QED) is 0.827. The zero-order chi connectivity index (χ0) is 12.6. The second-order valence-corrected chi connectivity index (χ2v) is 5.13. The number of aliphatic hydroxyl groups excluding tert-OH is 1. The lowest BCUT2D eigenvalue weighted by atomic mass is 10.2. The minimum atomic E-state index is -0.175. The average Bonchev–Trinajstić information content (AvgIpc) is 2.59. The van der Waals surface area contributed by atoms with E-state index in [0.29, 0.717) is 15.8 Å². The van der Waals surface area contributed by atoms with Gasteiger partial charge in [0.15, 0.2) is 4.83 Å². The first-order valence-electron chi connectivity index (χ1n) is 5.15. The normalized spacial score (nSPS) is 11.0. The van der Waals surface area contributed by atoms with Crippen LogP contribution in [-0.4, -0.2) is 26.7 Å². The van der Waals surface area contributed by atoms with Crippen molar-refractivity contribution >= 4 is 21.6 Å². The SMILES string of the molecule is C=C(CO)Cn1nnc2sc(C)c(C)c2c1=O. The second-order valence-electron chi connectivity index (χ2n) is 3.92. The molecule has 90 valence electrons. The summed E-state index contributed by atoms with van der Waals surface area (Å²) in [6.45, 7) is 7.55. The van der Waals surface area contributed by atoms with Crippen LogP contribution >= 0.6 is 11.3 Å². The number of hydrogen-bond acceptors (Lipinski definition) is 5. The number of aryl methyl sites for hydroxylation is 2. The van der Waals surface area contributed by atoms with Crippen LogP contribution in [0.3, 0.4) is 0 Å². The van der Waals surface area contributed by atoms with Gasteiger partial charge in [0.1, 0.15) is 0 Å². The molecule has 0 atom stereocenters. The molecule has 0 aliphatic heterocycles. The molecule has 0 radical (unpaired) electrons. The highest BCUT2D eigenvalue weighted by molar-refractivity contribution is 7.18. The number of hydrogen-bond donors (Lipinski definition) is 1. The van der Waals surface area contributed by atoms with E-state index in [2.05, 4.69) is 16.9 Å². The van der Waals surface area contributed by atoms with Crippen molar-refractivity contribution in [3.63, 3.8) is 0 Å². The van der Waals surface area contributed by atoms with E-state index in [1.54, 1.807) is 0 Å². The summed E-state index contributed by atoms with van der Waals surface area (Å²) in [5.74, 6) is 0. The van der Waals surface area contributed by atoms with Crippen LogP contribution in [0.15, 0.2) is 16.9 Å². The molecule has 17 heavy (non-hydrogen) atoms. The lowest BCUT2D eigenvalue weighted by Gasteiger charge is -2.03. The van der Waals surface area contributed by atoms with Gasteiger partial charge in [0.25, 0.3) is 5.56 Å². The summed E-state index contributed by atoms with van der Waals surface area (Å²) in [4.78, 5) is 13.9. The molecular formula is C11H13N3O2S. The summed E-state index contributed by atoms with van der Waals surface area (Å²) in [5.41, 5.74) is 1.31. The van der Waals surface area contributed by atoms with E-state index < -0.39 is 0 Å². The summed E-state index contributed by atoms with van der Waals surface area (Å²) in [6, 6.07) is 0. The lowest BCUT2D eigenvalue weighted by molar-refractivity contribution is 0.322. The third kappa shape index (κ3) is 2.01. The van der Waals surface area contributed by atoms with Gasteiger partial charge in [-0.3, -0.25) is 4.79 Å². The highest BCUT2D eigenvalue weighted by atomic mass is 32.1. The zero-order valence-corrected chi connectivity index (χ0v) is 10.5. The standard InChI is InChI=1S/C11H13N3O2S/c1-6(5-15)4-14-11(16)9-7(2)8(3)17-10(9)12-13-14/h15H,1,4-5H2,2-3H3. The van der Waals surface area contributed by atoms with E-state index in [9.17, 15) is 4.79 Å². The van der Waals surface area contributed by atoms with E-state index in [-0.39, 0.29) is 18.7 Å². The fourth-order valence-electron chi connectivity index (χ4n) is 1.56. The predicted octanol–water partition coefficient (Wildman–Crippen LogP) is 1.02. The molecule has 2 rings (SSSR count).